The molecule has 4 heteroatoms. The number of ether oxygens (including phenoxy) is 2. The second kappa shape index (κ2) is 6.22. The second-order valence-electron chi connectivity index (χ2n) is 2.02. The maximum atomic E-state index is 4.96. The Balaban J connectivity index is 0.000000671. The van der Waals surface area contributed by atoms with E-state index < -0.39 is 0 Å². The zero-order chi connectivity index (χ0) is 10.3. The predicted molar refractivity (Wildman–Crippen MR) is 51.2 cm³/mol. The van der Waals surface area contributed by atoms with Gasteiger partial charge < -0.3 is 9.47 Å². The Bertz CT molecular complexity index is 229. The molecule has 1 heterocycles. The van der Waals surface area contributed by atoms with E-state index >= 15 is 0 Å². The summed E-state index contributed by atoms with van der Waals surface area (Å²) in [7, 11) is 3.13. The van der Waals surface area contributed by atoms with Crippen molar-refractivity contribution in [2.45, 2.75) is 20.8 Å². The first-order valence-electron chi connectivity index (χ1n) is 4.19. The zero-order valence-electron chi connectivity index (χ0n) is 8.79. The van der Waals surface area contributed by atoms with Gasteiger partial charge in [0, 0.05) is 0 Å². The molecule has 0 unspecified atom stereocenters. The van der Waals surface area contributed by atoms with Gasteiger partial charge in [0.15, 0.2) is 0 Å². The highest BCUT2D eigenvalue weighted by Gasteiger charge is 2.05. The summed E-state index contributed by atoms with van der Waals surface area (Å²) in [5.41, 5.74) is 0.817. The third-order valence-electron chi connectivity index (χ3n) is 1.38. The number of nitrogens with zero attached hydrogens (tertiary/aromatic N) is 2. The van der Waals surface area contributed by atoms with Crippen LogP contribution in [0.3, 0.4) is 0 Å². The molecule has 0 fully saturated rings. The molecule has 0 radical (unpaired) electrons. The fourth-order valence-corrected chi connectivity index (χ4v) is 0.830. The standard InChI is InChI=1S/C7H10N2O2.C2H6/c1-5-6(10-2)8-4-9-7(5)11-3;1-2/h4H,1-3H3;1-2H3. The summed E-state index contributed by atoms with van der Waals surface area (Å²) in [4.78, 5) is 7.78. The SMILES string of the molecule is CC.COc1ncnc(OC)c1C. The number of hydrogen-bond acceptors (Lipinski definition) is 4. The van der Waals surface area contributed by atoms with E-state index in [0.29, 0.717) is 11.8 Å². The van der Waals surface area contributed by atoms with Crippen molar-refractivity contribution in [3.8, 4) is 11.8 Å². The van der Waals surface area contributed by atoms with Crippen molar-refractivity contribution in [2.24, 2.45) is 0 Å². The summed E-state index contributed by atoms with van der Waals surface area (Å²) in [6.45, 7) is 5.84. The molecule has 0 spiro atoms. The largest absolute Gasteiger partial charge is 0.481 e. The van der Waals surface area contributed by atoms with Gasteiger partial charge >= 0.3 is 0 Å². The summed E-state index contributed by atoms with van der Waals surface area (Å²) in [5, 5.41) is 0. The highest BCUT2D eigenvalue weighted by atomic mass is 16.5. The van der Waals surface area contributed by atoms with Crippen LogP contribution in [-0.4, -0.2) is 24.2 Å². The first-order valence-corrected chi connectivity index (χ1v) is 4.19. The highest BCUT2D eigenvalue weighted by Crippen LogP contribution is 2.20. The molecule has 0 saturated heterocycles. The predicted octanol–water partition coefficient (Wildman–Crippen LogP) is 1.83. The summed E-state index contributed by atoms with van der Waals surface area (Å²) >= 11 is 0. The number of aromatic nitrogens is 2. The Morgan fingerprint density at radius 2 is 1.38 bits per heavy atom. The molecule has 1 aromatic heterocycles. The summed E-state index contributed by atoms with van der Waals surface area (Å²) in [5.74, 6) is 1.11. The lowest BCUT2D eigenvalue weighted by atomic mass is 10.3. The molecular formula is C9H16N2O2. The van der Waals surface area contributed by atoms with Crippen molar-refractivity contribution >= 4 is 0 Å². The van der Waals surface area contributed by atoms with Crippen LogP contribution in [0.1, 0.15) is 19.4 Å². The van der Waals surface area contributed by atoms with E-state index in [1.165, 1.54) is 6.33 Å². The van der Waals surface area contributed by atoms with Gasteiger partial charge in [0.25, 0.3) is 0 Å². The van der Waals surface area contributed by atoms with Gasteiger partial charge in [-0.2, -0.15) is 0 Å². The molecule has 13 heavy (non-hydrogen) atoms. The molecule has 74 valence electrons. The minimum atomic E-state index is 0.553. The van der Waals surface area contributed by atoms with Gasteiger partial charge in [-0.05, 0) is 6.92 Å². The van der Waals surface area contributed by atoms with Crippen LogP contribution in [0, 0.1) is 6.92 Å². The van der Waals surface area contributed by atoms with E-state index in [1.54, 1.807) is 14.2 Å². The molecule has 0 aliphatic heterocycles. The average Bonchev–Trinajstić information content (AvgIpc) is 2.21. The zero-order valence-corrected chi connectivity index (χ0v) is 8.79. The van der Waals surface area contributed by atoms with Crippen molar-refractivity contribution in [3.63, 3.8) is 0 Å². The minimum absolute atomic E-state index is 0.553. The Morgan fingerprint density at radius 1 is 1.00 bits per heavy atom. The number of rotatable bonds is 2. The van der Waals surface area contributed by atoms with E-state index in [-0.39, 0.29) is 0 Å². The van der Waals surface area contributed by atoms with Crippen LogP contribution in [-0.2, 0) is 0 Å². The lowest BCUT2D eigenvalue weighted by Crippen LogP contribution is -1.96. The van der Waals surface area contributed by atoms with E-state index in [1.807, 2.05) is 20.8 Å². The normalized spacial score (nSPS) is 8.38. The molecule has 0 N–H and O–H groups in total. The molecule has 0 saturated carbocycles. The van der Waals surface area contributed by atoms with Gasteiger partial charge in [-0.3, -0.25) is 0 Å². The molecule has 0 aliphatic carbocycles. The van der Waals surface area contributed by atoms with E-state index in [4.69, 9.17) is 9.47 Å². The Labute approximate surface area is 78.9 Å². The minimum Gasteiger partial charge on any atom is -0.481 e. The van der Waals surface area contributed by atoms with Gasteiger partial charge in [-0.1, -0.05) is 13.8 Å². The molecule has 0 aromatic carbocycles. The first kappa shape index (κ1) is 11.7. The maximum Gasteiger partial charge on any atom is 0.222 e. The Hall–Kier alpha value is -1.32. The molecule has 0 amide bonds. The van der Waals surface area contributed by atoms with Crippen LogP contribution in [0.2, 0.25) is 0 Å². The van der Waals surface area contributed by atoms with Gasteiger partial charge in [0.05, 0.1) is 19.8 Å². The monoisotopic (exact) mass is 184 g/mol. The van der Waals surface area contributed by atoms with Crippen LogP contribution >= 0.6 is 0 Å². The quantitative estimate of drug-likeness (QED) is 0.703. The molecule has 0 bridgehead atoms. The summed E-state index contributed by atoms with van der Waals surface area (Å²) in [6, 6.07) is 0. The van der Waals surface area contributed by atoms with Crippen molar-refractivity contribution in [2.75, 3.05) is 14.2 Å². The lowest BCUT2D eigenvalue weighted by molar-refractivity contribution is 0.365. The van der Waals surface area contributed by atoms with Gasteiger partial charge in [0.1, 0.15) is 6.33 Å². The summed E-state index contributed by atoms with van der Waals surface area (Å²) < 4.78 is 9.91. The van der Waals surface area contributed by atoms with Crippen LogP contribution in [0.4, 0.5) is 0 Å². The van der Waals surface area contributed by atoms with E-state index in [2.05, 4.69) is 9.97 Å². The Morgan fingerprint density at radius 3 is 1.69 bits per heavy atom. The van der Waals surface area contributed by atoms with Crippen molar-refractivity contribution in [3.05, 3.63) is 11.9 Å². The van der Waals surface area contributed by atoms with Crippen LogP contribution < -0.4 is 9.47 Å². The first-order chi connectivity index (χ1) is 6.29. The van der Waals surface area contributed by atoms with E-state index in [9.17, 15) is 0 Å². The molecule has 1 aromatic rings. The topological polar surface area (TPSA) is 44.2 Å². The fourth-order valence-electron chi connectivity index (χ4n) is 0.830. The molecular weight excluding hydrogens is 168 g/mol. The maximum absolute atomic E-state index is 4.96. The lowest BCUT2D eigenvalue weighted by Gasteiger charge is -2.05. The van der Waals surface area contributed by atoms with E-state index in [0.717, 1.165) is 5.56 Å². The average molecular weight is 184 g/mol. The second-order valence-corrected chi connectivity index (χ2v) is 2.02. The van der Waals surface area contributed by atoms with Crippen molar-refractivity contribution in [1.82, 2.24) is 9.97 Å². The smallest absolute Gasteiger partial charge is 0.222 e. The third-order valence-corrected chi connectivity index (χ3v) is 1.38. The molecule has 0 atom stereocenters. The van der Waals surface area contributed by atoms with Crippen LogP contribution in [0.5, 0.6) is 11.8 Å². The van der Waals surface area contributed by atoms with Gasteiger partial charge in [0.2, 0.25) is 11.8 Å². The fraction of sp³-hybridized carbons (Fsp3) is 0.556. The van der Waals surface area contributed by atoms with Crippen LogP contribution in [0.15, 0.2) is 6.33 Å². The van der Waals surface area contributed by atoms with Gasteiger partial charge in [-0.15, -0.1) is 0 Å². The van der Waals surface area contributed by atoms with Crippen molar-refractivity contribution < 1.29 is 9.47 Å². The van der Waals surface area contributed by atoms with Crippen molar-refractivity contribution in [1.29, 1.82) is 0 Å². The highest BCUT2D eigenvalue weighted by molar-refractivity contribution is 5.32. The van der Waals surface area contributed by atoms with Gasteiger partial charge in [-0.25, -0.2) is 9.97 Å². The molecule has 1 rings (SSSR count). The molecule has 0 aliphatic rings. The molecule has 4 nitrogen and oxygen atoms in total. The number of hydrogen-bond donors (Lipinski definition) is 0. The number of methoxy groups -OCH3 is 2. The van der Waals surface area contributed by atoms with Crippen LogP contribution in [0.25, 0.3) is 0 Å². The summed E-state index contributed by atoms with van der Waals surface area (Å²) in [6.07, 6.45) is 1.41. The third kappa shape index (κ3) is 2.89. The Kier molecular flexibility index (Phi) is 5.59.